The van der Waals surface area contributed by atoms with E-state index < -0.39 is 11.7 Å². The fourth-order valence-corrected chi connectivity index (χ4v) is 5.49. The van der Waals surface area contributed by atoms with E-state index in [1.165, 1.54) is 12.5 Å². The summed E-state index contributed by atoms with van der Waals surface area (Å²) < 4.78 is 16.3. The Hall–Kier alpha value is -3.15. The molecule has 7 heteroatoms. The number of imidazole rings is 1. The molecule has 0 bridgehead atoms. The quantitative estimate of drug-likeness (QED) is 0.288. The number of aryl methyl sites for hydroxylation is 1. The molecule has 36 heavy (non-hydrogen) atoms. The second-order valence-corrected chi connectivity index (χ2v) is 10.2. The largest absolute Gasteiger partial charge is 0.366 e. The van der Waals surface area contributed by atoms with Gasteiger partial charge in [-0.05, 0) is 61.7 Å². The van der Waals surface area contributed by atoms with E-state index in [2.05, 4.69) is 4.57 Å². The Balaban J connectivity index is 1.91. The molecule has 4 aromatic rings. The first-order valence-corrected chi connectivity index (χ1v) is 12.8. The molecule has 0 radical (unpaired) electrons. The Morgan fingerprint density at radius 1 is 1.03 bits per heavy atom. The van der Waals surface area contributed by atoms with Crippen molar-refractivity contribution in [3.8, 4) is 28.2 Å². The second kappa shape index (κ2) is 10.1. The van der Waals surface area contributed by atoms with E-state index in [-0.39, 0.29) is 10.9 Å². The fourth-order valence-electron chi connectivity index (χ4n) is 5.14. The Morgan fingerprint density at radius 2 is 1.78 bits per heavy atom. The second-order valence-electron chi connectivity index (χ2n) is 9.31. The van der Waals surface area contributed by atoms with Gasteiger partial charge in [-0.1, -0.05) is 66.7 Å². The first-order chi connectivity index (χ1) is 17.3. The number of amides is 1. The van der Waals surface area contributed by atoms with Crippen LogP contribution in [0.15, 0.2) is 60.7 Å². The Kier molecular flexibility index (Phi) is 6.87. The number of rotatable bonds is 5. The molecular formula is C29H26Cl2FN3O. The van der Waals surface area contributed by atoms with Crippen molar-refractivity contribution in [2.75, 3.05) is 0 Å². The minimum atomic E-state index is -0.540. The van der Waals surface area contributed by atoms with Gasteiger partial charge in [-0.2, -0.15) is 0 Å². The van der Waals surface area contributed by atoms with Crippen LogP contribution in [0.3, 0.4) is 0 Å². The van der Waals surface area contributed by atoms with Crippen molar-refractivity contribution >= 4 is 29.1 Å². The molecule has 0 aliphatic heterocycles. The molecule has 1 heterocycles. The van der Waals surface area contributed by atoms with Crippen molar-refractivity contribution in [2.45, 2.75) is 44.9 Å². The summed E-state index contributed by atoms with van der Waals surface area (Å²) in [5, 5.41) is 0.609. The zero-order valence-corrected chi connectivity index (χ0v) is 21.4. The average Bonchev–Trinajstić information content (AvgIpc) is 3.28. The molecule has 1 saturated carbocycles. The molecule has 0 spiro atoms. The number of hydrogen-bond acceptors (Lipinski definition) is 2. The predicted octanol–water partition coefficient (Wildman–Crippen LogP) is 8.11. The fraction of sp³-hybridized carbons (Fsp3) is 0.241. The third-order valence-corrected chi connectivity index (χ3v) is 7.45. The van der Waals surface area contributed by atoms with Gasteiger partial charge in [0, 0.05) is 27.6 Å². The van der Waals surface area contributed by atoms with Crippen molar-refractivity contribution < 1.29 is 9.18 Å². The van der Waals surface area contributed by atoms with E-state index >= 15 is 0 Å². The van der Waals surface area contributed by atoms with E-state index in [4.69, 9.17) is 33.9 Å². The van der Waals surface area contributed by atoms with Crippen molar-refractivity contribution in [1.29, 1.82) is 0 Å². The first kappa shape index (κ1) is 24.5. The highest BCUT2D eigenvalue weighted by molar-refractivity contribution is 6.31. The monoisotopic (exact) mass is 521 g/mol. The van der Waals surface area contributed by atoms with Crippen LogP contribution in [-0.4, -0.2) is 15.5 Å². The highest BCUT2D eigenvalue weighted by Gasteiger charge is 2.29. The van der Waals surface area contributed by atoms with Gasteiger partial charge in [-0.15, -0.1) is 0 Å². The maximum atomic E-state index is 14.2. The van der Waals surface area contributed by atoms with Crippen LogP contribution in [0.5, 0.6) is 0 Å². The summed E-state index contributed by atoms with van der Waals surface area (Å²) in [6.45, 7) is 2.02. The highest BCUT2D eigenvalue weighted by atomic mass is 35.5. The van der Waals surface area contributed by atoms with Crippen LogP contribution in [0.25, 0.3) is 28.2 Å². The minimum absolute atomic E-state index is 0.0106. The van der Waals surface area contributed by atoms with Crippen LogP contribution in [0, 0.1) is 12.7 Å². The van der Waals surface area contributed by atoms with Gasteiger partial charge in [-0.3, -0.25) is 9.36 Å². The van der Waals surface area contributed by atoms with Crippen LogP contribution < -0.4 is 5.73 Å². The average molecular weight is 522 g/mol. The molecule has 4 nitrogen and oxygen atoms in total. The van der Waals surface area contributed by atoms with Gasteiger partial charge in [0.05, 0.1) is 22.1 Å². The van der Waals surface area contributed by atoms with Crippen molar-refractivity contribution in [3.05, 3.63) is 93.5 Å². The van der Waals surface area contributed by atoms with Crippen LogP contribution in [0.4, 0.5) is 4.39 Å². The molecule has 184 valence electrons. The number of nitrogens with zero attached hydrogens (tertiary/aromatic N) is 2. The van der Waals surface area contributed by atoms with Crippen LogP contribution in [-0.2, 0) is 0 Å². The van der Waals surface area contributed by atoms with Gasteiger partial charge in [-0.25, -0.2) is 9.37 Å². The standard InChI is InChI=1S/C29H26Cl2FN3O/c1-17-11-13-20(30)16-25(17)35-27(19-12-14-24(32)23(31)15-19)26(21-9-5-6-10-22(21)28(33)36)34-29(35)18-7-3-2-4-8-18/h5-6,9-16,18H,2-4,7-8H2,1H3,(H2,33,36). The van der Waals surface area contributed by atoms with Gasteiger partial charge >= 0.3 is 0 Å². The van der Waals surface area contributed by atoms with Crippen LogP contribution >= 0.6 is 23.2 Å². The Labute approximate surface area is 219 Å². The maximum absolute atomic E-state index is 14.2. The van der Waals surface area contributed by atoms with Gasteiger partial charge in [0.1, 0.15) is 11.6 Å². The van der Waals surface area contributed by atoms with Gasteiger partial charge in [0.2, 0.25) is 5.91 Å². The predicted molar refractivity (Wildman–Crippen MR) is 143 cm³/mol. The number of carbonyl (C=O) groups is 1. The van der Waals surface area contributed by atoms with Crippen LogP contribution in [0.2, 0.25) is 10.0 Å². The number of nitrogens with two attached hydrogens (primary N) is 1. The zero-order valence-electron chi connectivity index (χ0n) is 19.9. The molecule has 0 saturated heterocycles. The molecule has 1 amide bonds. The molecule has 0 unspecified atom stereocenters. The topological polar surface area (TPSA) is 60.9 Å². The summed E-state index contributed by atoms with van der Waals surface area (Å²) in [6, 6.07) is 17.6. The van der Waals surface area contributed by atoms with Crippen molar-refractivity contribution in [1.82, 2.24) is 9.55 Å². The molecule has 1 aliphatic carbocycles. The van der Waals surface area contributed by atoms with E-state index in [1.54, 1.807) is 24.3 Å². The Bertz CT molecular complexity index is 1460. The first-order valence-electron chi connectivity index (χ1n) is 12.1. The summed E-state index contributed by atoms with van der Waals surface area (Å²) >= 11 is 12.7. The molecule has 5 rings (SSSR count). The third-order valence-electron chi connectivity index (χ3n) is 6.93. The molecule has 1 aromatic heterocycles. The summed E-state index contributed by atoms with van der Waals surface area (Å²) in [4.78, 5) is 17.6. The number of hydrogen-bond donors (Lipinski definition) is 1. The number of primary amides is 1. The zero-order chi connectivity index (χ0) is 25.4. The lowest BCUT2D eigenvalue weighted by molar-refractivity contribution is 0.100. The molecule has 1 aliphatic rings. The maximum Gasteiger partial charge on any atom is 0.249 e. The molecule has 3 aromatic carbocycles. The lowest BCUT2D eigenvalue weighted by Gasteiger charge is -2.24. The van der Waals surface area contributed by atoms with E-state index in [0.29, 0.717) is 27.4 Å². The highest BCUT2D eigenvalue weighted by Crippen LogP contribution is 2.43. The number of carbonyl (C=O) groups excluding carboxylic acids is 1. The molecule has 1 fully saturated rings. The number of halogens is 3. The SMILES string of the molecule is Cc1ccc(Cl)cc1-n1c(C2CCCCC2)nc(-c2ccccc2C(N)=O)c1-c1ccc(F)c(Cl)c1. The summed E-state index contributed by atoms with van der Waals surface area (Å²) in [5.74, 6) is 0.0736. The van der Waals surface area contributed by atoms with E-state index in [0.717, 1.165) is 48.5 Å². The third kappa shape index (κ3) is 4.54. The molecular weight excluding hydrogens is 496 g/mol. The van der Waals surface area contributed by atoms with Gasteiger partial charge in [0.25, 0.3) is 0 Å². The normalized spacial score (nSPS) is 14.2. The smallest absolute Gasteiger partial charge is 0.249 e. The number of aromatic nitrogens is 2. The Morgan fingerprint density at radius 3 is 2.50 bits per heavy atom. The van der Waals surface area contributed by atoms with Crippen molar-refractivity contribution in [3.63, 3.8) is 0 Å². The lowest BCUT2D eigenvalue weighted by atomic mass is 9.88. The van der Waals surface area contributed by atoms with Gasteiger partial charge < -0.3 is 5.73 Å². The van der Waals surface area contributed by atoms with E-state index in [1.807, 2.05) is 37.3 Å². The summed E-state index contributed by atoms with van der Waals surface area (Å²) in [7, 11) is 0. The van der Waals surface area contributed by atoms with Crippen LogP contribution in [0.1, 0.15) is 59.8 Å². The number of benzene rings is 3. The van der Waals surface area contributed by atoms with E-state index in [9.17, 15) is 9.18 Å². The lowest BCUT2D eigenvalue weighted by Crippen LogP contribution is -2.12. The molecule has 0 atom stereocenters. The summed E-state index contributed by atoms with van der Waals surface area (Å²) in [6.07, 6.45) is 5.47. The summed E-state index contributed by atoms with van der Waals surface area (Å²) in [5.41, 5.74) is 10.7. The minimum Gasteiger partial charge on any atom is -0.366 e. The van der Waals surface area contributed by atoms with Crippen molar-refractivity contribution in [2.24, 2.45) is 5.73 Å². The molecule has 2 N–H and O–H groups in total. The van der Waals surface area contributed by atoms with Gasteiger partial charge in [0.15, 0.2) is 0 Å².